The van der Waals surface area contributed by atoms with Gasteiger partial charge in [-0.25, -0.2) is 9.40 Å². The van der Waals surface area contributed by atoms with Crippen molar-refractivity contribution in [2.45, 2.75) is 50.9 Å². The van der Waals surface area contributed by atoms with E-state index in [1.54, 1.807) is 12.1 Å². The summed E-state index contributed by atoms with van der Waals surface area (Å²) in [7, 11) is 0. The highest BCUT2D eigenvalue weighted by atomic mass is 35.5. The zero-order valence-electron chi connectivity index (χ0n) is 16.7. The van der Waals surface area contributed by atoms with Crippen LogP contribution in [0.5, 0.6) is 5.75 Å². The first-order chi connectivity index (χ1) is 13.9. The van der Waals surface area contributed by atoms with Crippen molar-refractivity contribution >= 4 is 17.3 Å². The van der Waals surface area contributed by atoms with Gasteiger partial charge < -0.3 is 9.64 Å². The molecule has 3 aliphatic heterocycles. The lowest BCUT2D eigenvalue weighted by atomic mass is 9.90. The molecule has 3 heterocycles. The van der Waals surface area contributed by atoms with Crippen LogP contribution in [0.15, 0.2) is 47.6 Å². The van der Waals surface area contributed by atoms with Crippen molar-refractivity contribution < 1.29 is 9.13 Å². The van der Waals surface area contributed by atoms with Crippen LogP contribution >= 0.6 is 11.6 Å². The van der Waals surface area contributed by atoms with E-state index >= 15 is 0 Å². The molecule has 1 saturated heterocycles. The van der Waals surface area contributed by atoms with Crippen molar-refractivity contribution in [1.29, 1.82) is 0 Å². The van der Waals surface area contributed by atoms with Crippen LogP contribution in [-0.4, -0.2) is 40.5 Å². The molecule has 0 amide bonds. The van der Waals surface area contributed by atoms with E-state index in [1.807, 2.05) is 18.2 Å². The lowest BCUT2D eigenvalue weighted by molar-refractivity contribution is -0.152. The van der Waals surface area contributed by atoms with Gasteiger partial charge in [0.15, 0.2) is 0 Å². The number of hydrogen-bond donors (Lipinski definition) is 0. The largest absolute Gasteiger partial charge is 0.466 e. The van der Waals surface area contributed by atoms with Crippen LogP contribution < -0.4 is 4.74 Å². The van der Waals surface area contributed by atoms with E-state index in [2.05, 4.69) is 23.8 Å². The number of halogens is 2. The minimum Gasteiger partial charge on any atom is -0.466 e. The number of hydrazone groups is 1. The van der Waals surface area contributed by atoms with E-state index in [9.17, 15) is 4.39 Å². The van der Waals surface area contributed by atoms with Gasteiger partial charge in [-0.05, 0) is 49.7 Å². The van der Waals surface area contributed by atoms with Gasteiger partial charge in [-0.2, -0.15) is 5.10 Å². The Balaban J connectivity index is 1.54. The van der Waals surface area contributed by atoms with E-state index in [4.69, 9.17) is 21.4 Å². The van der Waals surface area contributed by atoms with Crippen LogP contribution in [0.25, 0.3) is 0 Å². The predicted octanol–water partition coefficient (Wildman–Crippen LogP) is 5.22. The number of likely N-dealkylation sites (tertiary alicyclic amines) is 1. The van der Waals surface area contributed by atoms with Gasteiger partial charge in [-0.15, -0.1) is 0 Å². The molecule has 0 unspecified atom stereocenters. The Kier molecular flexibility index (Phi) is 4.56. The second-order valence-electron chi connectivity index (χ2n) is 8.48. The zero-order chi connectivity index (χ0) is 20.2. The van der Waals surface area contributed by atoms with Gasteiger partial charge in [0.25, 0.3) is 0 Å². The van der Waals surface area contributed by atoms with Crippen LogP contribution in [0.4, 0.5) is 4.39 Å². The summed E-state index contributed by atoms with van der Waals surface area (Å²) in [6.07, 6.45) is 2.55. The quantitative estimate of drug-likeness (QED) is 0.675. The monoisotopic (exact) mass is 413 g/mol. The van der Waals surface area contributed by atoms with Gasteiger partial charge in [0.1, 0.15) is 11.6 Å². The average molecular weight is 414 g/mol. The number of ether oxygens (including phenoxy) is 1. The molecule has 152 valence electrons. The molecule has 0 bridgehead atoms. The van der Waals surface area contributed by atoms with Crippen LogP contribution in [0.3, 0.4) is 0 Å². The van der Waals surface area contributed by atoms with Crippen LogP contribution in [-0.2, 0) is 0 Å². The Morgan fingerprint density at radius 3 is 2.55 bits per heavy atom. The molecule has 1 spiro atoms. The molecular weight excluding hydrogens is 389 g/mol. The Morgan fingerprint density at radius 2 is 1.86 bits per heavy atom. The summed E-state index contributed by atoms with van der Waals surface area (Å²) < 4.78 is 20.0. The van der Waals surface area contributed by atoms with Crippen molar-refractivity contribution in [3.63, 3.8) is 0 Å². The standard InChI is InChI=1S/C23H25ClFN3O/c1-15(2)27-11-9-23(10-12-27)28-21(19-13-17(24)5-8-22(19)29-23)14-20(26-28)16-3-6-18(25)7-4-16/h3-8,13,15,21H,9-12,14H2,1-2H3/t21-/m0/s1. The van der Waals surface area contributed by atoms with Gasteiger partial charge in [-0.3, -0.25) is 0 Å². The first-order valence-corrected chi connectivity index (χ1v) is 10.7. The van der Waals surface area contributed by atoms with Gasteiger partial charge in [-0.1, -0.05) is 23.7 Å². The fourth-order valence-electron chi connectivity index (χ4n) is 4.79. The third-order valence-electron chi connectivity index (χ3n) is 6.45. The minimum absolute atomic E-state index is 0.0862. The summed E-state index contributed by atoms with van der Waals surface area (Å²) in [6, 6.07) is 13.1. The number of nitrogens with zero attached hydrogens (tertiary/aromatic N) is 3. The van der Waals surface area contributed by atoms with Crippen molar-refractivity contribution in [3.05, 3.63) is 64.4 Å². The molecule has 1 atom stereocenters. The number of piperidine rings is 1. The van der Waals surface area contributed by atoms with E-state index < -0.39 is 5.72 Å². The summed E-state index contributed by atoms with van der Waals surface area (Å²) in [5.74, 6) is 0.673. The van der Waals surface area contributed by atoms with Crippen molar-refractivity contribution in [2.24, 2.45) is 5.10 Å². The van der Waals surface area contributed by atoms with E-state index in [0.717, 1.165) is 54.9 Å². The van der Waals surface area contributed by atoms with Gasteiger partial charge in [0, 0.05) is 49.0 Å². The van der Waals surface area contributed by atoms with Gasteiger partial charge in [0.05, 0.1) is 11.8 Å². The van der Waals surface area contributed by atoms with E-state index in [0.29, 0.717) is 11.1 Å². The number of benzene rings is 2. The Morgan fingerprint density at radius 1 is 1.14 bits per heavy atom. The summed E-state index contributed by atoms with van der Waals surface area (Å²) in [4.78, 5) is 2.49. The van der Waals surface area contributed by atoms with Crippen LogP contribution in [0.2, 0.25) is 5.02 Å². The Hall–Kier alpha value is -2.11. The number of hydrogen-bond acceptors (Lipinski definition) is 4. The average Bonchev–Trinajstić information content (AvgIpc) is 3.16. The van der Waals surface area contributed by atoms with Crippen LogP contribution in [0, 0.1) is 5.82 Å². The Labute approximate surface area is 175 Å². The zero-order valence-corrected chi connectivity index (χ0v) is 17.5. The highest BCUT2D eigenvalue weighted by Gasteiger charge is 2.52. The molecule has 5 rings (SSSR count). The molecule has 0 saturated carbocycles. The molecule has 3 aliphatic rings. The third-order valence-corrected chi connectivity index (χ3v) is 6.68. The van der Waals surface area contributed by atoms with Gasteiger partial charge in [0.2, 0.25) is 5.72 Å². The first kappa shape index (κ1) is 18.9. The molecule has 4 nitrogen and oxygen atoms in total. The second kappa shape index (κ2) is 6.99. The molecule has 1 fully saturated rings. The SMILES string of the molecule is CC(C)N1CCC2(CC1)Oc1ccc(Cl)cc1[C@@H]1CC(c3ccc(F)cc3)=NN12. The molecule has 0 N–H and O–H groups in total. The lowest BCUT2D eigenvalue weighted by Gasteiger charge is -2.51. The lowest BCUT2D eigenvalue weighted by Crippen LogP contribution is -2.59. The molecule has 2 aromatic rings. The maximum Gasteiger partial charge on any atom is 0.200 e. The second-order valence-corrected chi connectivity index (χ2v) is 8.91. The van der Waals surface area contributed by atoms with Crippen molar-refractivity contribution in [3.8, 4) is 5.75 Å². The normalized spacial score (nSPS) is 23.0. The van der Waals surface area contributed by atoms with E-state index in [1.165, 1.54) is 12.1 Å². The topological polar surface area (TPSA) is 28.1 Å². The summed E-state index contributed by atoms with van der Waals surface area (Å²) >= 11 is 6.31. The van der Waals surface area contributed by atoms with Crippen molar-refractivity contribution in [2.75, 3.05) is 13.1 Å². The summed E-state index contributed by atoms with van der Waals surface area (Å²) in [5.41, 5.74) is 2.56. The Bertz CT molecular complexity index is 951. The maximum atomic E-state index is 13.4. The molecule has 0 radical (unpaired) electrons. The maximum absolute atomic E-state index is 13.4. The van der Waals surface area contributed by atoms with Crippen molar-refractivity contribution in [1.82, 2.24) is 9.91 Å². The minimum atomic E-state index is -0.446. The first-order valence-electron chi connectivity index (χ1n) is 10.3. The fraction of sp³-hybridized carbons (Fsp3) is 0.435. The highest BCUT2D eigenvalue weighted by Crippen LogP contribution is 2.50. The predicted molar refractivity (Wildman–Crippen MR) is 113 cm³/mol. The molecule has 6 heteroatoms. The molecule has 2 aromatic carbocycles. The van der Waals surface area contributed by atoms with E-state index in [-0.39, 0.29) is 11.9 Å². The molecule has 0 aromatic heterocycles. The smallest absolute Gasteiger partial charge is 0.200 e. The number of rotatable bonds is 2. The summed E-state index contributed by atoms with van der Waals surface area (Å²) in [5, 5.41) is 7.90. The van der Waals surface area contributed by atoms with Gasteiger partial charge >= 0.3 is 0 Å². The molecule has 29 heavy (non-hydrogen) atoms. The molecule has 0 aliphatic carbocycles. The van der Waals surface area contributed by atoms with Crippen LogP contribution in [0.1, 0.15) is 50.3 Å². The summed E-state index contributed by atoms with van der Waals surface area (Å²) in [6.45, 7) is 6.43. The molecular formula is C23H25ClFN3O. The third kappa shape index (κ3) is 3.21. The number of fused-ring (bicyclic) bond motifs is 4. The highest BCUT2D eigenvalue weighted by molar-refractivity contribution is 6.30. The fourth-order valence-corrected chi connectivity index (χ4v) is 4.97.